The van der Waals surface area contributed by atoms with Gasteiger partial charge in [-0.15, -0.1) is 10.2 Å². The van der Waals surface area contributed by atoms with Crippen LogP contribution in [0.1, 0.15) is 16.1 Å². The van der Waals surface area contributed by atoms with Crippen LogP contribution in [0.4, 0.5) is 11.8 Å². The number of nitrogens with zero attached hydrogens (tertiary/aromatic N) is 3. The molecule has 3 rings (SSSR count). The number of anilines is 2. The molecule has 1 atom stereocenters. The number of aliphatic hydroxyl groups is 2. The molecule has 140 valence electrons. The Bertz CT molecular complexity index is 893. The third-order valence-electron chi connectivity index (χ3n) is 3.68. The minimum Gasteiger partial charge on any atom is -0.423 e. The van der Waals surface area contributed by atoms with Gasteiger partial charge in [-0.25, -0.2) is 4.98 Å². The fourth-order valence-electron chi connectivity index (χ4n) is 2.18. The number of nitrogens with one attached hydrogen (secondary N) is 2. The number of oxazole rings is 1. The molecule has 1 amide bonds. The molecule has 0 aliphatic rings. The number of aliphatic hydroxyl groups excluding tert-OH is 2. The highest BCUT2D eigenvalue weighted by Gasteiger charge is 2.11. The van der Waals surface area contributed by atoms with E-state index in [2.05, 4.69) is 25.8 Å². The lowest BCUT2D eigenvalue weighted by atomic mass is 10.1. The van der Waals surface area contributed by atoms with Crippen molar-refractivity contribution >= 4 is 17.7 Å². The maximum atomic E-state index is 11.9. The largest absolute Gasteiger partial charge is 0.423 e. The molecule has 0 spiro atoms. The van der Waals surface area contributed by atoms with Gasteiger partial charge in [0.1, 0.15) is 0 Å². The topological polar surface area (TPSA) is 133 Å². The minimum atomic E-state index is -1.02. The minimum absolute atomic E-state index is 0.0743. The monoisotopic (exact) mass is 369 g/mol. The fraction of sp³-hybridized carbons (Fsp3) is 0.222. The van der Waals surface area contributed by atoms with Crippen LogP contribution < -0.4 is 10.6 Å². The van der Waals surface area contributed by atoms with Crippen molar-refractivity contribution in [2.24, 2.45) is 0 Å². The molecule has 3 aromatic rings. The summed E-state index contributed by atoms with van der Waals surface area (Å²) in [7, 11) is 0. The van der Waals surface area contributed by atoms with Gasteiger partial charge >= 0.3 is 6.01 Å². The second kappa shape index (κ2) is 8.39. The Morgan fingerprint density at radius 2 is 1.96 bits per heavy atom. The summed E-state index contributed by atoms with van der Waals surface area (Å²) in [6.07, 6.45) is 0.588. The third kappa shape index (κ3) is 4.87. The Labute approximate surface area is 155 Å². The van der Waals surface area contributed by atoms with E-state index in [4.69, 9.17) is 9.52 Å². The predicted octanol–water partition coefficient (Wildman–Crippen LogP) is 1.27. The van der Waals surface area contributed by atoms with Crippen LogP contribution in [-0.2, 0) is 0 Å². The van der Waals surface area contributed by atoms with Crippen LogP contribution in [0, 0.1) is 6.92 Å². The first-order chi connectivity index (χ1) is 13.0. The van der Waals surface area contributed by atoms with Gasteiger partial charge in [0, 0.05) is 12.1 Å². The second-order valence-electron chi connectivity index (χ2n) is 5.87. The highest BCUT2D eigenvalue weighted by Crippen LogP contribution is 2.24. The Kier molecular flexibility index (Phi) is 5.74. The van der Waals surface area contributed by atoms with E-state index in [0.717, 1.165) is 11.1 Å². The van der Waals surface area contributed by atoms with Crippen LogP contribution in [0.5, 0.6) is 0 Å². The Morgan fingerprint density at radius 3 is 2.63 bits per heavy atom. The van der Waals surface area contributed by atoms with E-state index in [9.17, 15) is 9.90 Å². The van der Waals surface area contributed by atoms with Gasteiger partial charge in [0.05, 0.1) is 18.9 Å². The van der Waals surface area contributed by atoms with Gasteiger partial charge in [-0.3, -0.25) is 10.1 Å². The smallest absolute Gasteiger partial charge is 0.300 e. The summed E-state index contributed by atoms with van der Waals surface area (Å²) in [4.78, 5) is 16.0. The summed E-state index contributed by atoms with van der Waals surface area (Å²) in [5.41, 5.74) is 2.14. The lowest BCUT2D eigenvalue weighted by molar-refractivity contribution is 0.0798. The summed E-state index contributed by atoms with van der Waals surface area (Å²) in [6, 6.07) is 11.1. The number of aromatic nitrogens is 3. The first-order valence-corrected chi connectivity index (χ1v) is 8.26. The number of amides is 1. The van der Waals surface area contributed by atoms with Gasteiger partial charge in [0.25, 0.3) is 5.91 Å². The van der Waals surface area contributed by atoms with Crippen LogP contribution in [0.25, 0.3) is 11.3 Å². The number of hydrogen-bond acceptors (Lipinski definition) is 8. The molecule has 0 radical (unpaired) electrons. The molecule has 4 N–H and O–H groups in total. The fourth-order valence-corrected chi connectivity index (χ4v) is 2.18. The highest BCUT2D eigenvalue weighted by molar-refractivity contribution is 5.92. The van der Waals surface area contributed by atoms with E-state index in [-0.39, 0.29) is 18.3 Å². The van der Waals surface area contributed by atoms with Crippen LogP contribution in [0.3, 0.4) is 0 Å². The Morgan fingerprint density at radius 1 is 1.19 bits per heavy atom. The van der Waals surface area contributed by atoms with Crippen molar-refractivity contribution in [1.29, 1.82) is 0 Å². The normalized spacial score (nSPS) is 11.8. The summed E-state index contributed by atoms with van der Waals surface area (Å²) < 4.78 is 5.65. The molecule has 1 aromatic carbocycles. The second-order valence-corrected chi connectivity index (χ2v) is 5.87. The van der Waals surface area contributed by atoms with Gasteiger partial charge in [0.2, 0.25) is 0 Å². The molecule has 2 heterocycles. The summed E-state index contributed by atoms with van der Waals surface area (Å²) >= 11 is 0. The summed E-state index contributed by atoms with van der Waals surface area (Å²) in [5.74, 6) is 0.475. The SMILES string of the molecule is Cc1ccc(-c2cnc(Nc3ccc(C(=O)NC[C@@H](O)CO)nn3)o2)cc1. The molecule has 0 unspecified atom stereocenters. The van der Waals surface area contributed by atoms with Crippen molar-refractivity contribution in [3.63, 3.8) is 0 Å². The molecule has 0 aliphatic heterocycles. The number of aryl methyl sites for hydroxylation is 1. The number of carbonyl (C=O) groups excluding carboxylic acids is 1. The van der Waals surface area contributed by atoms with Crippen molar-refractivity contribution in [1.82, 2.24) is 20.5 Å². The first kappa shape index (κ1) is 18.5. The maximum Gasteiger partial charge on any atom is 0.300 e. The molecule has 9 heteroatoms. The number of hydrogen-bond donors (Lipinski definition) is 4. The average molecular weight is 369 g/mol. The van der Waals surface area contributed by atoms with E-state index in [1.54, 1.807) is 12.3 Å². The van der Waals surface area contributed by atoms with E-state index >= 15 is 0 Å². The average Bonchev–Trinajstić information content (AvgIpc) is 3.15. The quantitative estimate of drug-likeness (QED) is 0.489. The zero-order valence-electron chi connectivity index (χ0n) is 14.6. The Hall–Kier alpha value is -3.30. The Balaban J connectivity index is 1.61. The van der Waals surface area contributed by atoms with Crippen LogP contribution >= 0.6 is 0 Å². The molecule has 2 aromatic heterocycles. The molecule has 0 bridgehead atoms. The van der Waals surface area contributed by atoms with Crippen LogP contribution in [0.15, 0.2) is 47.0 Å². The number of rotatable bonds is 7. The first-order valence-electron chi connectivity index (χ1n) is 8.26. The van der Waals surface area contributed by atoms with Crippen molar-refractivity contribution in [2.45, 2.75) is 13.0 Å². The molecular weight excluding hydrogens is 350 g/mol. The van der Waals surface area contributed by atoms with Crippen molar-refractivity contribution in [3.05, 3.63) is 53.9 Å². The lowest BCUT2D eigenvalue weighted by Gasteiger charge is -2.08. The van der Waals surface area contributed by atoms with Gasteiger partial charge in [-0.05, 0) is 19.1 Å². The van der Waals surface area contributed by atoms with Crippen molar-refractivity contribution < 1.29 is 19.4 Å². The van der Waals surface area contributed by atoms with E-state index in [1.807, 2.05) is 31.2 Å². The van der Waals surface area contributed by atoms with Crippen LogP contribution in [0.2, 0.25) is 0 Å². The molecule has 27 heavy (non-hydrogen) atoms. The molecule has 0 aliphatic carbocycles. The molecule has 0 saturated heterocycles. The van der Waals surface area contributed by atoms with E-state index < -0.39 is 18.6 Å². The maximum absolute atomic E-state index is 11.9. The molecule has 9 nitrogen and oxygen atoms in total. The lowest BCUT2D eigenvalue weighted by Crippen LogP contribution is -2.34. The van der Waals surface area contributed by atoms with Crippen molar-refractivity contribution in [2.75, 3.05) is 18.5 Å². The summed E-state index contributed by atoms with van der Waals surface area (Å²) in [6.45, 7) is 1.50. The van der Waals surface area contributed by atoms with E-state index in [0.29, 0.717) is 11.6 Å². The molecule has 0 fully saturated rings. The summed E-state index contributed by atoms with van der Waals surface area (Å²) in [5, 5.41) is 31.0. The zero-order chi connectivity index (χ0) is 19.2. The van der Waals surface area contributed by atoms with Gasteiger partial charge in [0.15, 0.2) is 17.3 Å². The number of carbonyl (C=O) groups is 1. The van der Waals surface area contributed by atoms with Gasteiger partial charge in [-0.1, -0.05) is 29.8 Å². The van der Waals surface area contributed by atoms with E-state index in [1.165, 1.54) is 6.07 Å². The van der Waals surface area contributed by atoms with Gasteiger partial charge < -0.3 is 19.9 Å². The predicted molar refractivity (Wildman–Crippen MR) is 97.4 cm³/mol. The molecular formula is C18H19N5O4. The van der Waals surface area contributed by atoms with Crippen molar-refractivity contribution in [3.8, 4) is 11.3 Å². The van der Waals surface area contributed by atoms with Crippen LogP contribution in [-0.4, -0.2) is 50.6 Å². The number of benzene rings is 1. The zero-order valence-corrected chi connectivity index (χ0v) is 14.6. The van der Waals surface area contributed by atoms with Gasteiger partial charge in [-0.2, -0.15) is 0 Å². The molecule has 0 saturated carbocycles. The third-order valence-corrected chi connectivity index (χ3v) is 3.68. The highest BCUT2D eigenvalue weighted by atomic mass is 16.4. The standard InChI is InChI=1S/C18H19N5O4/c1-11-2-4-12(5-3-11)15-9-20-18(27-15)21-16-7-6-14(22-23-16)17(26)19-8-13(25)10-24/h2-7,9,13,24-25H,8,10H2,1H3,(H,19,26)(H,20,21,23)/t13-/m1/s1.